The molecule has 2 rings (SSSR count). The molecule has 1 fully saturated rings. The fourth-order valence-electron chi connectivity index (χ4n) is 3.06. The van der Waals surface area contributed by atoms with Crippen LogP contribution in [0.2, 0.25) is 0 Å². The molecule has 0 bridgehead atoms. The van der Waals surface area contributed by atoms with Crippen molar-refractivity contribution in [3.63, 3.8) is 0 Å². The highest BCUT2D eigenvalue weighted by Crippen LogP contribution is 2.29. The molecule has 4 nitrogen and oxygen atoms in total. The van der Waals surface area contributed by atoms with Crippen LogP contribution in [0.15, 0.2) is 29.2 Å². The maximum absolute atomic E-state index is 12.5. The van der Waals surface area contributed by atoms with Crippen LogP contribution in [-0.2, 0) is 10.0 Å². The van der Waals surface area contributed by atoms with E-state index in [1.165, 1.54) is 0 Å². The second kappa shape index (κ2) is 6.46. The summed E-state index contributed by atoms with van der Waals surface area (Å²) < 4.78 is 27.8. The average molecular weight is 310 g/mol. The molecule has 0 aliphatic heterocycles. The first-order valence-corrected chi connectivity index (χ1v) is 9.16. The lowest BCUT2D eigenvalue weighted by molar-refractivity contribution is 0.249. The number of rotatable bonds is 4. The van der Waals surface area contributed by atoms with Crippen LogP contribution in [0.25, 0.3) is 0 Å². The normalized spacial score (nSPS) is 28.3. The van der Waals surface area contributed by atoms with E-state index < -0.39 is 10.0 Å². The van der Waals surface area contributed by atoms with Gasteiger partial charge in [0.15, 0.2) is 0 Å². The van der Waals surface area contributed by atoms with Gasteiger partial charge in [0, 0.05) is 12.1 Å². The largest absolute Gasteiger partial charge is 0.324 e. The molecule has 1 aliphatic rings. The Bertz CT molecular complexity index is 566. The lowest BCUT2D eigenvalue weighted by atomic mass is 9.80. The molecule has 0 aromatic heterocycles. The molecule has 0 radical (unpaired) electrons. The van der Waals surface area contributed by atoms with Crippen molar-refractivity contribution < 1.29 is 8.42 Å². The number of hydrogen-bond acceptors (Lipinski definition) is 3. The molecule has 0 saturated heterocycles. The smallest absolute Gasteiger partial charge is 0.240 e. The van der Waals surface area contributed by atoms with E-state index in [0.29, 0.717) is 16.7 Å². The van der Waals surface area contributed by atoms with E-state index >= 15 is 0 Å². The predicted molar refractivity (Wildman–Crippen MR) is 85.3 cm³/mol. The van der Waals surface area contributed by atoms with Crippen LogP contribution in [0, 0.1) is 11.8 Å². The Labute approximate surface area is 128 Å². The standard InChI is InChI=1S/C16H26N2O2S/c1-11-4-9-16(12(2)10-11)18-21(19,20)15-7-5-14(6-8-15)13(3)17/h5-8,11-13,16,18H,4,9-10,17H2,1-3H3. The van der Waals surface area contributed by atoms with Gasteiger partial charge in [-0.2, -0.15) is 0 Å². The Morgan fingerprint density at radius 3 is 2.33 bits per heavy atom. The summed E-state index contributed by atoms with van der Waals surface area (Å²) in [5, 5.41) is 0. The molecule has 5 heteroatoms. The molecule has 0 heterocycles. The third-order valence-electron chi connectivity index (χ3n) is 4.45. The Kier molecular flexibility index (Phi) is 5.07. The van der Waals surface area contributed by atoms with Gasteiger partial charge in [0.25, 0.3) is 0 Å². The summed E-state index contributed by atoms with van der Waals surface area (Å²) in [7, 11) is -3.44. The highest BCUT2D eigenvalue weighted by atomic mass is 32.2. The predicted octanol–water partition coefficient (Wildman–Crippen LogP) is 2.81. The first kappa shape index (κ1) is 16.5. The topological polar surface area (TPSA) is 72.2 Å². The van der Waals surface area contributed by atoms with E-state index in [1.807, 2.05) is 6.92 Å². The zero-order valence-electron chi connectivity index (χ0n) is 13.0. The molecule has 3 N–H and O–H groups in total. The van der Waals surface area contributed by atoms with Crippen LogP contribution in [0.1, 0.15) is 51.6 Å². The molecule has 4 atom stereocenters. The van der Waals surface area contributed by atoms with Crippen LogP contribution < -0.4 is 10.5 Å². The van der Waals surface area contributed by atoms with E-state index in [-0.39, 0.29) is 12.1 Å². The maximum Gasteiger partial charge on any atom is 0.240 e. The van der Waals surface area contributed by atoms with Gasteiger partial charge in [-0.05, 0) is 55.7 Å². The minimum atomic E-state index is -3.44. The van der Waals surface area contributed by atoms with Crippen LogP contribution in [0.4, 0.5) is 0 Å². The van der Waals surface area contributed by atoms with Crippen molar-refractivity contribution in [1.82, 2.24) is 4.72 Å². The molecule has 1 aromatic carbocycles. The summed E-state index contributed by atoms with van der Waals surface area (Å²) in [6, 6.07) is 6.79. The Balaban J connectivity index is 2.11. The molecular formula is C16H26N2O2S. The summed E-state index contributed by atoms with van der Waals surface area (Å²) in [5.41, 5.74) is 6.73. The highest BCUT2D eigenvalue weighted by Gasteiger charge is 2.29. The monoisotopic (exact) mass is 310 g/mol. The molecule has 0 amide bonds. The number of hydrogen-bond donors (Lipinski definition) is 2. The molecule has 1 aromatic rings. The Morgan fingerprint density at radius 2 is 1.81 bits per heavy atom. The van der Waals surface area contributed by atoms with Crippen molar-refractivity contribution in [2.45, 2.75) is 57.0 Å². The summed E-state index contributed by atoms with van der Waals surface area (Å²) >= 11 is 0. The van der Waals surface area contributed by atoms with Crippen LogP contribution in [-0.4, -0.2) is 14.5 Å². The van der Waals surface area contributed by atoms with Gasteiger partial charge in [0.05, 0.1) is 4.90 Å². The summed E-state index contributed by atoms with van der Waals surface area (Å²) in [4.78, 5) is 0.317. The zero-order chi connectivity index (χ0) is 15.6. The van der Waals surface area contributed by atoms with E-state index in [1.54, 1.807) is 24.3 Å². The van der Waals surface area contributed by atoms with Crippen molar-refractivity contribution in [1.29, 1.82) is 0 Å². The first-order valence-electron chi connectivity index (χ1n) is 7.67. The van der Waals surface area contributed by atoms with Crippen molar-refractivity contribution >= 4 is 10.0 Å². The first-order chi connectivity index (χ1) is 9.79. The Morgan fingerprint density at radius 1 is 1.19 bits per heavy atom. The van der Waals surface area contributed by atoms with Crippen LogP contribution >= 0.6 is 0 Å². The number of sulfonamides is 1. The SMILES string of the molecule is CC1CCC(NS(=O)(=O)c2ccc(C(C)N)cc2)C(C)C1. The van der Waals surface area contributed by atoms with Gasteiger partial charge in [0.1, 0.15) is 0 Å². The molecule has 1 saturated carbocycles. The molecule has 0 spiro atoms. The molecule has 118 valence electrons. The molecule has 4 unspecified atom stereocenters. The number of benzene rings is 1. The fourth-order valence-corrected chi connectivity index (χ4v) is 4.44. The minimum Gasteiger partial charge on any atom is -0.324 e. The van der Waals surface area contributed by atoms with E-state index in [0.717, 1.165) is 24.8 Å². The second-order valence-corrected chi connectivity index (χ2v) is 8.19. The minimum absolute atomic E-state index is 0.0410. The van der Waals surface area contributed by atoms with Crippen molar-refractivity contribution in [2.24, 2.45) is 17.6 Å². The third kappa shape index (κ3) is 4.05. The molecule has 21 heavy (non-hydrogen) atoms. The third-order valence-corrected chi connectivity index (χ3v) is 5.96. The fraction of sp³-hybridized carbons (Fsp3) is 0.625. The average Bonchev–Trinajstić information content (AvgIpc) is 2.42. The van der Waals surface area contributed by atoms with Gasteiger partial charge in [-0.3, -0.25) is 0 Å². The maximum atomic E-state index is 12.5. The van der Waals surface area contributed by atoms with E-state index in [2.05, 4.69) is 18.6 Å². The lowest BCUT2D eigenvalue weighted by Crippen LogP contribution is -2.42. The highest BCUT2D eigenvalue weighted by molar-refractivity contribution is 7.89. The van der Waals surface area contributed by atoms with Crippen molar-refractivity contribution in [3.05, 3.63) is 29.8 Å². The van der Waals surface area contributed by atoms with Gasteiger partial charge in [-0.1, -0.05) is 26.0 Å². The quantitative estimate of drug-likeness (QED) is 0.898. The Hall–Kier alpha value is -0.910. The number of nitrogens with two attached hydrogens (primary N) is 1. The van der Waals surface area contributed by atoms with Crippen LogP contribution in [0.3, 0.4) is 0 Å². The summed E-state index contributed by atoms with van der Waals surface area (Å²) in [6.45, 7) is 6.24. The second-order valence-electron chi connectivity index (χ2n) is 6.48. The summed E-state index contributed by atoms with van der Waals surface area (Å²) in [5.74, 6) is 1.07. The lowest BCUT2D eigenvalue weighted by Gasteiger charge is -2.32. The zero-order valence-corrected chi connectivity index (χ0v) is 13.9. The van der Waals surface area contributed by atoms with Gasteiger partial charge in [-0.15, -0.1) is 0 Å². The van der Waals surface area contributed by atoms with Gasteiger partial charge in [0.2, 0.25) is 10.0 Å². The molecular weight excluding hydrogens is 284 g/mol. The summed E-state index contributed by atoms with van der Waals surface area (Å²) in [6.07, 6.45) is 3.08. The van der Waals surface area contributed by atoms with Crippen LogP contribution in [0.5, 0.6) is 0 Å². The molecule has 1 aliphatic carbocycles. The van der Waals surface area contributed by atoms with E-state index in [9.17, 15) is 8.42 Å². The van der Waals surface area contributed by atoms with Gasteiger partial charge >= 0.3 is 0 Å². The van der Waals surface area contributed by atoms with Gasteiger partial charge in [-0.25, -0.2) is 13.1 Å². The number of nitrogens with one attached hydrogen (secondary N) is 1. The van der Waals surface area contributed by atoms with E-state index in [4.69, 9.17) is 5.73 Å². The van der Waals surface area contributed by atoms with Gasteiger partial charge < -0.3 is 5.73 Å². The van der Waals surface area contributed by atoms with Crippen molar-refractivity contribution in [3.8, 4) is 0 Å². The van der Waals surface area contributed by atoms with Crippen molar-refractivity contribution in [2.75, 3.05) is 0 Å².